The number of hydrogen-bond donors (Lipinski definition) is 1. The van der Waals surface area contributed by atoms with E-state index in [1.165, 1.54) is 0 Å². The van der Waals surface area contributed by atoms with Crippen molar-refractivity contribution in [2.45, 2.75) is 24.3 Å². The van der Waals surface area contributed by atoms with Gasteiger partial charge < -0.3 is 10.6 Å². The van der Waals surface area contributed by atoms with Gasteiger partial charge in [0, 0.05) is 34.7 Å². The summed E-state index contributed by atoms with van der Waals surface area (Å²) in [6.07, 6.45) is 2.00. The van der Waals surface area contributed by atoms with Crippen LogP contribution in [0, 0.1) is 0 Å². The average Bonchev–Trinajstić information content (AvgIpc) is 2.55. The highest BCUT2D eigenvalue weighted by Crippen LogP contribution is 2.21. The molecule has 2 rings (SSSR count). The molecule has 2 N–H and O–H groups in total. The van der Waals surface area contributed by atoms with Crippen molar-refractivity contribution in [1.82, 2.24) is 4.90 Å². The van der Waals surface area contributed by atoms with Gasteiger partial charge in [0.15, 0.2) is 0 Å². The second-order valence-electron chi connectivity index (χ2n) is 5.62. The van der Waals surface area contributed by atoms with Gasteiger partial charge in [-0.05, 0) is 42.3 Å². The normalized spacial score (nSPS) is 13.3. The molecule has 2 atom stereocenters. The van der Waals surface area contributed by atoms with E-state index in [-0.39, 0.29) is 11.9 Å². The minimum atomic E-state index is -0.989. The molecule has 122 valence electrons. The van der Waals surface area contributed by atoms with Gasteiger partial charge in [0.05, 0.1) is 12.5 Å². The van der Waals surface area contributed by atoms with Crippen LogP contribution in [0.25, 0.3) is 0 Å². The van der Waals surface area contributed by atoms with Crippen molar-refractivity contribution in [2.75, 3.05) is 19.0 Å². The first-order chi connectivity index (χ1) is 10.9. The first-order valence-corrected chi connectivity index (χ1v) is 8.97. The van der Waals surface area contributed by atoms with Crippen molar-refractivity contribution in [1.29, 1.82) is 0 Å². The van der Waals surface area contributed by atoms with Crippen LogP contribution in [0.15, 0.2) is 53.4 Å². The first kappa shape index (κ1) is 17.2. The van der Waals surface area contributed by atoms with Gasteiger partial charge >= 0.3 is 0 Å². The maximum absolute atomic E-state index is 12.4. The molecule has 0 aliphatic rings. The minimum absolute atomic E-state index is 0.0457. The smallest absolute Gasteiger partial charge is 0.227 e. The van der Waals surface area contributed by atoms with Crippen LogP contribution in [0.2, 0.25) is 0 Å². The predicted molar refractivity (Wildman–Crippen MR) is 94.5 cm³/mol. The largest absolute Gasteiger partial charge is 0.399 e. The molecule has 4 nitrogen and oxygen atoms in total. The third-order valence-electron chi connectivity index (χ3n) is 4.00. The number of hydrogen-bond acceptors (Lipinski definition) is 3. The SMILES string of the molecule is CC(c1ccc(S(C)=O)cc1)N(C)C(=O)Cc1ccc(N)cc1. The molecule has 0 fully saturated rings. The van der Waals surface area contributed by atoms with Gasteiger partial charge in [-0.3, -0.25) is 9.00 Å². The highest BCUT2D eigenvalue weighted by atomic mass is 32.2. The summed E-state index contributed by atoms with van der Waals surface area (Å²) in [5.41, 5.74) is 8.31. The lowest BCUT2D eigenvalue weighted by atomic mass is 10.1. The van der Waals surface area contributed by atoms with Crippen molar-refractivity contribution < 1.29 is 9.00 Å². The van der Waals surface area contributed by atoms with Gasteiger partial charge in [-0.15, -0.1) is 0 Å². The molecular formula is C18H22N2O2S. The quantitative estimate of drug-likeness (QED) is 0.858. The number of nitrogen functional groups attached to an aromatic ring is 1. The van der Waals surface area contributed by atoms with Gasteiger partial charge in [-0.25, -0.2) is 0 Å². The standard InChI is InChI=1S/C18H22N2O2S/c1-13(15-6-10-17(11-7-15)23(3)22)20(2)18(21)12-14-4-8-16(19)9-5-14/h4-11,13H,12,19H2,1-3H3. The number of nitrogens with zero attached hydrogens (tertiary/aromatic N) is 1. The fraction of sp³-hybridized carbons (Fsp3) is 0.278. The number of benzene rings is 2. The number of amides is 1. The fourth-order valence-electron chi connectivity index (χ4n) is 2.31. The lowest BCUT2D eigenvalue weighted by Crippen LogP contribution is -2.30. The van der Waals surface area contributed by atoms with Crippen LogP contribution < -0.4 is 5.73 Å². The maximum Gasteiger partial charge on any atom is 0.227 e. The third kappa shape index (κ3) is 4.42. The summed E-state index contributed by atoms with van der Waals surface area (Å²) in [6, 6.07) is 14.8. The summed E-state index contributed by atoms with van der Waals surface area (Å²) in [5, 5.41) is 0. The van der Waals surface area contributed by atoms with Gasteiger partial charge in [0.1, 0.15) is 0 Å². The van der Waals surface area contributed by atoms with Crippen LogP contribution in [0.5, 0.6) is 0 Å². The molecule has 0 spiro atoms. The fourth-order valence-corrected chi connectivity index (χ4v) is 2.83. The Morgan fingerprint density at radius 2 is 1.70 bits per heavy atom. The molecular weight excluding hydrogens is 308 g/mol. The van der Waals surface area contributed by atoms with Crippen molar-refractivity contribution >= 4 is 22.4 Å². The van der Waals surface area contributed by atoms with E-state index >= 15 is 0 Å². The Kier molecular flexibility index (Phi) is 5.55. The van der Waals surface area contributed by atoms with E-state index in [1.54, 1.807) is 30.3 Å². The van der Waals surface area contributed by atoms with Crippen LogP contribution in [-0.4, -0.2) is 28.3 Å². The highest BCUT2D eigenvalue weighted by molar-refractivity contribution is 7.84. The highest BCUT2D eigenvalue weighted by Gasteiger charge is 2.17. The lowest BCUT2D eigenvalue weighted by molar-refractivity contribution is -0.131. The Balaban J connectivity index is 2.05. The van der Waals surface area contributed by atoms with Gasteiger partial charge in [0.2, 0.25) is 5.91 Å². The number of nitrogens with two attached hydrogens (primary N) is 1. The van der Waals surface area contributed by atoms with Crippen LogP contribution in [0.1, 0.15) is 24.1 Å². The van der Waals surface area contributed by atoms with Crippen LogP contribution >= 0.6 is 0 Å². The zero-order valence-electron chi connectivity index (χ0n) is 13.7. The number of rotatable bonds is 5. The third-order valence-corrected chi connectivity index (χ3v) is 4.94. The maximum atomic E-state index is 12.4. The molecule has 1 amide bonds. The minimum Gasteiger partial charge on any atom is -0.399 e. The van der Waals surface area contributed by atoms with Crippen molar-refractivity contribution in [3.63, 3.8) is 0 Å². The summed E-state index contributed by atoms with van der Waals surface area (Å²) in [4.78, 5) is 15.0. The topological polar surface area (TPSA) is 63.4 Å². The molecule has 0 aliphatic carbocycles. The molecule has 0 heterocycles. The second-order valence-corrected chi connectivity index (χ2v) is 7.00. The average molecular weight is 330 g/mol. The zero-order chi connectivity index (χ0) is 17.0. The van der Waals surface area contributed by atoms with Crippen LogP contribution in [-0.2, 0) is 22.0 Å². The van der Waals surface area contributed by atoms with Crippen molar-refractivity contribution in [3.8, 4) is 0 Å². The summed E-state index contributed by atoms with van der Waals surface area (Å²) < 4.78 is 11.4. The van der Waals surface area contributed by atoms with E-state index in [1.807, 2.05) is 43.3 Å². The molecule has 2 unspecified atom stereocenters. The molecule has 2 aromatic carbocycles. The Bertz CT molecular complexity index is 696. The molecule has 0 radical (unpaired) electrons. The molecule has 0 saturated heterocycles. The van der Waals surface area contributed by atoms with E-state index in [0.717, 1.165) is 16.0 Å². The summed E-state index contributed by atoms with van der Waals surface area (Å²) in [6.45, 7) is 1.98. The predicted octanol–water partition coefficient (Wildman–Crippen LogP) is 2.77. The zero-order valence-corrected chi connectivity index (χ0v) is 14.5. The molecule has 0 bridgehead atoms. The Morgan fingerprint density at radius 1 is 1.13 bits per heavy atom. The van der Waals surface area contributed by atoms with Crippen LogP contribution in [0.4, 0.5) is 5.69 Å². The molecule has 0 aliphatic heterocycles. The van der Waals surface area contributed by atoms with E-state index in [9.17, 15) is 9.00 Å². The Hall–Kier alpha value is -2.14. The summed E-state index contributed by atoms with van der Waals surface area (Å²) in [7, 11) is 0.813. The molecule has 2 aromatic rings. The van der Waals surface area contributed by atoms with E-state index in [2.05, 4.69) is 0 Å². The van der Waals surface area contributed by atoms with Crippen molar-refractivity contribution in [2.24, 2.45) is 0 Å². The van der Waals surface area contributed by atoms with Gasteiger partial charge in [0.25, 0.3) is 0 Å². The number of anilines is 1. The summed E-state index contributed by atoms with van der Waals surface area (Å²) >= 11 is 0. The lowest BCUT2D eigenvalue weighted by Gasteiger charge is -2.25. The Morgan fingerprint density at radius 3 is 2.22 bits per heavy atom. The molecule has 0 aromatic heterocycles. The van der Waals surface area contributed by atoms with Gasteiger partial charge in [-0.2, -0.15) is 0 Å². The molecule has 5 heteroatoms. The molecule has 0 saturated carbocycles. The number of carbonyl (C=O) groups is 1. The Labute approximate surface area is 139 Å². The van der Waals surface area contributed by atoms with E-state index in [0.29, 0.717) is 12.1 Å². The molecule has 23 heavy (non-hydrogen) atoms. The first-order valence-electron chi connectivity index (χ1n) is 7.42. The number of carbonyl (C=O) groups excluding carboxylic acids is 1. The monoisotopic (exact) mass is 330 g/mol. The van der Waals surface area contributed by atoms with Gasteiger partial charge in [-0.1, -0.05) is 24.3 Å². The second kappa shape index (κ2) is 7.42. The van der Waals surface area contributed by atoms with Crippen molar-refractivity contribution in [3.05, 3.63) is 59.7 Å². The van der Waals surface area contributed by atoms with E-state index < -0.39 is 10.8 Å². The van der Waals surface area contributed by atoms with Crippen LogP contribution in [0.3, 0.4) is 0 Å². The summed E-state index contributed by atoms with van der Waals surface area (Å²) in [5.74, 6) is 0.0467. The van der Waals surface area contributed by atoms with E-state index in [4.69, 9.17) is 5.73 Å². The number of likely N-dealkylation sites (N-methyl/N-ethyl adjacent to an activating group) is 1.